The molecule has 1 unspecified atom stereocenters. The third-order valence-corrected chi connectivity index (χ3v) is 6.11. The maximum atomic E-state index is 4.74. The topological polar surface area (TPSA) is 71.8 Å². The van der Waals surface area contributed by atoms with Crippen molar-refractivity contribution >= 4 is 33.3 Å². The molecule has 0 saturated carbocycles. The second-order valence-corrected chi connectivity index (χ2v) is 7.86. The molecule has 1 aromatic carbocycles. The molecular weight excluding hydrogens is 370 g/mol. The first kappa shape index (κ1) is 17.3. The van der Waals surface area contributed by atoms with Crippen LogP contribution in [0.25, 0.3) is 10.2 Å². The molecule has 1 N–H and O–H groups in total. The summed E-state index contributed by atoms with van der Waals surface area (Å²) in [5.41, 5.74) is 4.33. The van der Waals surface area contributed by atoms with Crippen LogP contribution in [0.4, 0.5) is 11.8 Å². The van der Waals surface area contributed by atoms with E-state index >= 15 is 0 Å². The summed E-state index contributed by atoms with van der Waals surface area (Å²) in [6, 6.07) is 8.80. The molecular formula is C20H21N7S. The first-order chi connectivity index (χ1) is 13.8. The van der Waals surface area contributed by atoms with Gasteiger partial charge in [-0.2, -0.15) is 0 Å². The van der Waals surface area contributed by atoms with Crippen molar-refractivity contribution in [3.8, 4) is 0 Å². The van der Waals surface area contributed by atoms with Crippen LogP contribution in [0.15, 0.2) is 48.4 Å². The van der Waals surface area contributed by atoms with Gasteiger partial charge >= 0.3 is 0 Å². The van der Waals surface area contributed by atoms with E-state index in [2.05, 4.69) is 61.1 Å². The van der Waals surface area contributed by atoms with Crippen molar-refractivity contribution in [1.29, 1.82) is 0 Å². The molecule has 1 atom stereocenters. The van der Waals surface area contributed by atoms with Crippen LogP contribution in [0.3, 0.4) is 0 Å². The highest BCUT2D eigenvalue weighted by atomic mass is 32.1. The number of nitrogens with one attached hydrogen (secondary N) is 1. The fourth-order valence-corrected chi connectivity index (χ4v) is 4.37. The molecule has 1 aliphatic rings. The van der Waals surface area contributed by atoms with Gasteiger partial charge < -0.3 is 9.88 Å². The third-order valence-electron chi connectivity index (χ3n) is 5.30. The first-order valence-electron chi connectivity index (χ1n) is 9.43. The van der Waals surface area contributed by atoms with Crippen LogP contribution in [0, 0.1) is 0 Å². The van der Waals surface area contributed by atoms with Crippen LogP contribution in [0.1, 0.15) is 24.4 Å². The number of anilines is 2. The minimum Gasteiger partial charge on any atom is -0.331 e. The zero-order valence-electron chi connectivity index (χ0n) is 15.6. The Morgan fingerprint density at radius 3 is 2.89 bits per heavy atom. The summed E-state index contributed by atoms with van der Waals surface area (Å²) < 4.78 is 3.48. The van der Waals surface area contributed by atoms with E-state index in [0.717, 1.165) is 43.2 Å². The quantitative estimate of drug-likeness (QED) is 0.573. The molecule has 0 bridgehead atoms. The Hall–Kier alpha value is -2.84. The van der Waals surface area contributed by atoms with Gasteiger partial charge in [-0.05, 0) is 30.7 Å². The van der Waals surface area contributed by atoms with Crippen molar-refractivity contribution < 1.29 is 0 Å². The summed E-state index contributed by atoms with van der Waals surface area (Å²) in [7, 11) is 0. The van der Waals surface area contributed by atoms with E-state index in [1.165, 1.54) is 10.3 Å². The number of rotatable bonds is 4. The minimum absolute atomic E-state index is 0.353. The van der Waals surface area contributed by atoms with Gasteiger partial charge in [-0.3, -0.25) is 4.90 Å². The SMILES string of the molecule is CC(c1ccc2scnc2c1)N1CCc2nc(Nc3ncccn3)cn2CC1. The second kappa shape index (κ2) is 7.29. The lowest BCUT2D eigenvalue weighted by atomic mass is 10.1. The fraction of sp³-hybridized carbons (Fsp3) is 0.300. The van der Waals surface area contributed by atoms with Crippen LogP contribution in [-0.4, -0.2) is 42.5 Å². The molecule has 4 heterocycles. The molecule has 5 rings (SSSR count). The minimum atomic E-state index is 0.353. The van der Waals surface area contributed by atoms with Crippen molar-refractivity contribution in [2.24, 2.45) is 0 Å². The van der Waals surface area contributed by atoms with E-state index in [4.69, 9.17) is 4.98 Å². The van der Waals surface area contributed by atoms with Crippen LogP contribution in [0.2, 0.25) is 0 Å². The number of imidazole rings is 1. The lowest BCUT2D eigenvalue weighted by Crippen LogP contribution is -2.30. The van der Waals surface area contributed by atoms with E-state index in [0.29, 0.717) is 12.0 Å². The van der Waals surface area contributed by atoms with Gasteiger partial charge in [-0.25, -0.2) is 19.9 Å². The Labute approximate surface area is 167 Å². The molecule has 0 spiro atoms. The van der Waals surface area contributed by atoms with Crippen molar-refractivity contribution in [2.75, 3.05) is 18.4 Å². The van der Waals surface area contributed by atoms with E-state index in [1.54, 1.807) is 29.8 Å². The van der Waals surface area contributed by atoms with Crippen LogP contribution >= 0.6 is 11.3 Å². The maximum absolute atomic E-state index is 4.74. The number of fused-ring (bicyclic) bond motifs is 2. The lowest BCUT2D eigenvalue weighted by molar-refractivity contribution is 0.215. The van der Waals surface area contributed by atoms with E-state index in [1.807, 2.05) is 5.51 Å². The van der Waals surface area contributed by atoms with Crippen LogP contribution in [0.5, 0.6) is 0 Å². The molecule has 0 aliphatic carbocycles. The largest absolute Gasteiger partial charge is 0.331 e. The number of aromatic nitrogens is 5. The molecule has 3 aromatic heterocycles. The predicted octanol–water partition coefficient (Wildman–Crippen LogP) is 3.65. The Kier molecular flexibility index (Phi) is 4.50. The highest BCUT2D eigenvalue weighted by Crippen LogP contribution is 2.27. The molecule has 0 radical (unpaired) electrons. The van der Waals surface area contributed by atoms with Crippen molar-refractivity contribution in [2.45, 2.75) is 25.9 Å². The maximum Gasteiger partial charge on any atom is 0.228 e. The molecule has 8 heteroatoms. The zero-order chi connectivity index (χ0) is 18.9. The molecule has 0 amide bonds. The van der Waals surface area contributed by atoms with Gasteiger partial charge in [0.1, 0.15) is 5.82 Å². The average molecular weight is 392 g/mol. The van der Waals surface area contributed by atoms with Gasteiger partial charge in [-0.15, -0.1) is 11.3 Å². The third kappa shape index (κ3) is 3.36. The van der Waals surface area contributed by atoms with Crippen molar-refractivity contribution in [3.05, 3.63) is 59.8 Å². The Balaban J connectivity index is 1.29. The molecule has 0 fully saturated rings. The van der Waals surface area contributed by atoms with E-state index in [9.17, 15) is 0 Å². The fourth-order valence-electron chi connectivity index (χ4n) is 3.71. The number of thiazole rings is 1. The van der Waals surface area contributed by atoms with E-state index < -0.39 is 0 Å². The lowest BCUT2D eigenvalue weighted by Gasteiger charge is -2.27. The van der Waals surface area contributed by atoms with Gasteiger partial charge in [0, 0.05) is 50.7 Å². The molecule has 4 aromatic rings. The smallest absolute Gasteiger partial charge is 0.228 e. The highest BCUT2D eigenvalue weighted by Gasteiger charge is 2.21. The monoisotopic (exact) mass is 391 g/mol. The Bertz CT molecular complexity index is 1060. The Morgan fingerprint density at radius 2 is 2.00 bits per heavy atom. The van der Waals surface area contributed by atoms with Crippen molar-refractivity contribution in [3.63, 3.8) is 0 Å². The van der Waals surface area contributed by atoms with Gasteiger partial charge in [0.2, 0.25) is 5.95 Å². The number of nitrogens with zero attached hydrogens (tertiary/aromatic N) is 6. The summed E-state index contributed by atoms with van der Waals surface area (Å²) in [6.45, 7) is 5.17. The van der Waals surface area contributed by atoms with Crippen molar-refractivity contribution in [1.82, 2.24) is 29.4 Å². The highest BCUT2D eigenvalue weighted by molar-refractivity contribution is 7.16. The molecule has 1 aliphatic heterocycles. The summed E-state index contributed by atoms with van der Waals surface area (Å²) in [5, 5.41) is 3.18. The average Bonchev–Trinajstić information content (AvgIpc) is 3.30. The number of benzene rings is 1. The summed E-state index contributed by atoms with van der Waals surface area (Å²) >= 11 is 1.69. The Morgan fingerprint density at radius 1 is 1.11 bits per heavy atom. The number of hydrogen-bond donors (Lipinski definition) is 1. The van der Waals surface area contributed by atoms with Crippen LogP contribution in [-0.2, 0) is 13.0 Å². The molecule has 7 nitrogen and oxygen atoms in total. The predicted molar refractivity (Wildman–Crippen MR) is 111 cm³/mol. The van der Waals surface area contributed by atoms with Crippen LogP contribution < -0.4 is 5.32 Å². The normalized spacial score (nSPS) is 15.9. The summed E-state index contributed by atoms with van der Waals surface area (Å²) in [6.07, 6.45) is 6.42. The summed E-state index contributed by atoms with van der Waals surface area (Å²) in [5.74, 6) is 2.48. The number of hydrogen-bond acceptors (Lipinski definition) is 7. The second-order valence-electron chi connectivity index (χ2n) is 6.97. The van der Waals surface area contributed by atoms with Gasteiger partial charge in [0.25, 0.3) is 0 Å². The zero-order valence-corrected chi connectivity index (χ0v) is 16.4. The molecule has 0 saturated heterocycles. The standard InChI is InChI=1S/C20H21N7S/c1-14(15-3-4-17-16(11-15)23-13-28-17)26-8-5-19-24-18(12-27(19)10-9-26)25-20-21-6-2-7-22-20/h2-4,6-7,11-14H,5,8-10H2,1H3,(H,21,22,25). The molecule has 142 valence electrons. The molecule has 28 heavy (non-hydrogen) atoms. The van der Waals surface area contributed by atoms with Gasteiger partial charge in [0.15, 0.2) is 5.82 Å². The van der Waals surface area contributed by atoms with Gasteiger partial charge in [-0.1, -0.05) is 6.07 Å². The van der Waals surface area contributed by atoms with Gasteiger partial charge in [0.05, 0.1) is 15.7 Å². The summed E-state index contributed by atoms with van der Waals surface area (Å²) in [4.78, 5) is 20.1. The first-order valence-corrected chi connectivity index (χ1v) is 10.3. The van der Waals surface area contributed by atoms with E-state index in [-0.39, 0.29) is 0 Å².